The van der Waals surface area contributed by atoms with Crippen molar-refractivity contribution < 1.29 is 22.7 Å². The smallest absolute Gasteiger partial charge is 0.395 e. The highest BCUT2D eigenvalue weighted by molar-refractivity contribution is 5.34. The molecule has 0 aliphatic carbocycles. The Morgan fingerprint density at radius 2 is 2.00 bits per heavy atom. The second-order valence-corrected chi connectivity index (χ2v) is 3.94. The summed E-state index contributed by atoms with van der Waals surface area (Å²) < 4.78 is 50.6. The third-order valence-corrected chi connectivity index (χ3v) is 2.41. The second-order valence-electron chi connectivity index (χ2n) is 3.94. The highest BCUT2D eigenvalue weighted by Gasteiger charge is 2.30. The first-order valence-electron chi connectivity index (χ1n) is 5.45. The van der Waals surface area contributed by atoms with E-state index >= 15 is 0 Å². The quantitative estimate of drug-likeness (QED) is 0.837. The third-order valence-electron chi connectivity index (χ3n) is 2.41. The molecule has 1 rings (SSSR count). The predicted molar refractivity (Wildman–Crippen MR) is 59.5 cm³/mol. The van der Waals surface area contributed by atoms with Crippen LogP contribution in [-0.2, 0) is 6.54 Å². The average Bonchev–Trinajstić information content (AvgIpc) is 2.30. The van der Waals surface area contributed by atoms with E-state index in [9.17, 15) is 17.6 Å². The molecule has 0 heterocycles. The van der Waals surface area contributed by atoms with Gasteiger partial charge in [-0.2, -0.15) is 18.4 Å². The van der Waals surface area contributed by atoms with Crippen LogP contribution in [0.5, 0.6) is 0 Å². The van der Waals surface area contributed by atoms with Crippen molar-refractivity contribution >= 4 is 0 Å². The zero-order chi connectivity index (χ0) is 14.5. The fraction of sp³-hybridized carbons (Fsp3) is 0.417. The van der Waals surface area contributed by atoms with Gasteiger partial charge in [0.05, 0.1) is 18.7 Å². The largest absolute Gasteiger partial charge is 0.401 e. The molecular weight excluding hydrogens is 264 g/mol. The van der Waals surface area contributed by atoms with Crippen LogP contribution >= 0.6 is 0 Å². The summed E-state index contributed by atoms with van der Waals surface area (Å²) in [5.41, 5.74) is -0.217. The molecule has 0 amide bonds. The van der Waals surface area contributed by atoms with E-state index in [1.54, 1.807) is 6.07 Å². The Labute approximate surface area is 107 Å². The fourth-order valence-corrected chi connectivity index (χ4v) is 1.64. The topological polar surface area (TPSA) is 47.3 Å². The molecule has 0 spiro atoms. The van der Waals surface area contributed by atoms with Gasteiger partial charge in [0.2, 0.25) is 0 Å². The molecule has 0 aliphatic heterocycles. The molecule has 1 aromatic carbocycles. The first-order valence-corrected chi connectivity index (χ1v) is 5.45. The molecule has 0 bridgehead atoms. The molecule has 0 saturated carbocycles. The van der Waals surface area contributed by atoms with Gasteiger partial charge < -0.3 is 5.11 Å². The van der Waals surface area contributed by atoms with Gasteiger partial charge in [0, 0.05) is 18.7 Å². The standard InChI is InChI=1S/C12H12F4N2O/c13-11-9(6-17)2-1-3-10(11)7-18(4-5-19)8-12(14,15)16/h1-3,19H,4-5,7-8H2. The van der Waals surface area contributed by atoms with Crippen LogP contribution in [0.2, 0.25) is 0 Å². The van der Waals surface area contributed by atoms with Crippen molar-refractivity contribution in [3.8, 4) is 6.07 Å². The van der Waals surface area contributed by atoms with Crippen molar-refractivity contribution in [2.45, 2.75) is 12.7 Å². The van der Waals surface area contributed by atoms with Crippen molar-refractivity contribution in [3.05, 3.63) is 35.1 Å². The number of nitriles is 1. The lowest BCUT2D eigenvalue weighted by Gasteiger charge is -2.23. The Morgan fingerprint density at radius 3 is 2.53 bits per heavy atom. The zero-order valence-corrected chi connectivity index (χ0v) is 9.91. The van der Waals surface area contributed by atoms with E-state index in [1.165, 1.54) is 18.2 Å². The Balaban J connectivity index is 2.88. The zero-order valence-electron chi connectivity index (χ0n) is 9.91. The molecule has 0 fully saturated rings. The normalized spacial score (nSPS) is 11.6. The van der Waals surface area contributed by atoms with Crippen LogP contribution < -0.4 is 0 Å². The van der Waals surface area contributed by atoms with Gasteiger partial charge >= 0.3 is 6.18 Å². The third kappa shape index (κ3) is 4.85. The molecule has 0 aromatic heterocycles. The minimum Gasteiger partial charge on any atom is -0.395 e. The number of aliphatic hydroxyl groups excluding tert-OH is 1. The second kappa shape index (κ2) is 6.50. The first kappa shape index (κ1) is 15.4. The van der Waals surface area contributed by atoms with Crippen molar-refractivity contribution in [1.29, 1.82) is 5.26 Å². The van der Waals surface area contributed by atoms with Crippen LogP contribution in [0.1, 0.15) is 11.1 Å². The number of alkyl halides is 3. The van der Waals surface area contributed by atoms with Gasteiger partial charge in [0.1, 0.15) is 11.9 Å². The van der Waals surface area contributed by atoms with Crippen molar-refractivity contribution in [2.75, 3.05) is 19.7 Å². The average molecular weight is 276 g/mol. The number of hydrogen-bond acceptors (Lipinski definition) is 3. The van der Waals surface area contributed by atoms with E-state index in [0.717, 1.165) is 4.90 Å². The number of rotatable bonds is 5. The van der Waals surface area contributed by atoms with E-state index in [2.05, 4.69) is 0 Å². The molecule has 1 aromatic rings. The number of hydrogen-bond donors (Lipinski definition) is 1. The summed E-state index contributed by atoms with van der Waals surface area (Å²) in [7, 11) is 0. The molecule has 3 nitrogen and oxygen atoms in total. The van der Waals surface area contributed by atoms with Crippen LogP contribution in [0.4, 0.5) is 17.6 Å². The van der Waals surface area contributed by atoms with Gasteiger partial charge in [0.15, 0.2) is 0 Å². The summed E-state index contributed by atoms with van der Waals surface area (Å²) in [6.45, 7) is -2.25. The maximum atomic E-state index is 13.7. The van der Waals surface area contributed by atoms with Crippen LogP contribution in [0.15, 0.2) is 18.2 Å². The maximum absolute atomic E-state index is 13.7. The Morgan fingerprint density at radius 1 is 1.32 bits per heavy atom. The number of halogens is 4. The van der Waals surface area contributed by atoms with Crippen LogP contribution in [-0.4, -0.2) is 35.9 Å². The molecule has 19 heavy (non-hydrogen) atoms. The molecule has 0 atom stereocenters. The molecule has 0 saturated heterocycles. The van der Waals surface area contributed by atoms with E-state index in [1.807, 2.05) is 0 Å². The minimum absolute atomic E-state index is 0.00301. The van der Waals surface area contributed by atoms with Crippen LogP contribution in [0, 0.1) is 17.1 Å². The van der Waals surface area contributed by atoms with Crippen LogP contribution in [0.25, 0.3) is 0 Å². The molecule has 1 N–H and O–H groups in total. The van der Waals surface area contributed by atoms with Gasteiger partial charge in [-0.3, -0.25) is 4.90 Å². The summed E-state index contributed by atoms with van der Waals surface area (Å²) in [6.07, 6.45) is -4.43. The lowest BCUT2D eigenvalue weighted by molar-refractivity contribution is -0.148. The molecule has 0 aliphatic rings. The van der Waals surface area contributed by atoms with E-state index in [4.69, 9.17) is 10.4 Å². The van der Waals surface area contributed by atoms with Gasteiger partial charge in [0.25, 0.3) is 0 Å². The lowest BCUT2D eigenvalue weighted by atomic mass is 10.1. The molecular formula is C12H12F4N2O. The van der Waals surface area contributed by atoms with Gasteiger partial charge in [-0.05, 0) is 6.07 Å². The van der Waals surface area contributed by atoms with E-state index in [0.29, 0.717) is 0 Å². The van der Waals surface area contributed by atoms with E-state index in [-0.39, 0.29) is 24.2 Å². The summed E-state index contributed by atoms with van der Waals surface area (Å²) in [4.78, 5) is 0.875. The van der Waals surface area contributed by atoms with Crippen molar-refractivity contribution in [1.82, 2.24) is 4.90 Å². The summed E-state index contributed by atoms with van der Waals surface area (Å²) >= 11 is 0. The number of aliphatic hydroxyl groups is 1. The van der Waals surface area contributed by atoms with Crippen molar-refractivity contribution in [2.24, 2.45) is 0 Å². The first-order chi connectivity index (χ1) is 8.87. The van der Waals surface area contributed by atoms with Crippen LogP contribution in [0.3, 0.4) is 0 Å². The van der Waals surface area contributed by atoms with Crippen molar-refractivity contribution in [3.63, 3.8) is 0 Å². The summed E-state index contributed by atoms with van der Waals surface area (Å²) in [5, 5.41) is 17.4. The predicted octanol–water partition coefficient (Wildman–Crippen LogP) is 2.05. The molecule has 0 radical (unpaired) electrons. The molecule has 104 valence electrons. The fourth-order valence-electron chi connectivity index (χ4n) is 1.64. The summed E-state index contributed by atoms with van der Waals surface area (Å²) in [6, 6.07) is 5.59. The monoisotopic (exact) mass is 276 g/mol. The van der Waals surface area contributed by atoms with Gasteiger partial charge in [-0.1, -0.05) is 12.1 Å². The molecule has 0 unspecified atom stereocenters. The van der Waals surface area contributed by atoms with Gasteiger partial charge in [-0.25, -0.2) is 4.39 Å². The Kier molecular flexibility index (Phi) is 5.27. The van der Waals surface area contributed by atoms with E-state index < -0.39 is 25.1 Å². The number of benzene rings is 1. The van der Waals surface area contributed by atoms with Gasteiger partial charge in [-0.15, -0.1) is 0 Å². The Hall–Kier alpha value is -1.65. The highest BCUT2D eigenvalue weighted by atomic mass is 19.4. The highest BCUT2D eigenvalue weighted by Crippen LogP contribution is 2.19. The maximum Gasteiger partial charge on any atom is 0.401 e. The lowest BCUT2D eigenvalue weighted by Crippen LogP contribution is -2.36. The SMILES string of the molecule is N#Cc1cccc(CN(CCO)CC(F)(F)F)c1F. The molecule has 7 heteroatoms. The Bertz CT molecular complexity index is 468. The summed E-state index contributed by atoms with van der Waals surface area (Å²) in [5.74, 6) is -0.824. The number of nitrogens with zero attached hydrogens (tertiary/aromatic N) is 2. The minimum atomic E-state index is -4.43.